The van der Waals surface area contributed by atoms with E-state index < -0.39 is 0 Å². The number of allylic oxidation sites excluding steroid dienone is 5. The molecule has 7 heteroatoms. The fourth-order valence-corrected chi connectivity index (χ4v) is 3.57. The standard InChI is InChI=1S/C24H18N4O3/c1-31-17-7-10-21-19(14-17)20(24(29)25-21)12-15-5-8-18-22(26-27-23(18)13-15)9-6-16-4-2-3-11-28(16)30/h2-14,30H,1H3,(H,25,29). The van der Waals surface area contributed by atoms with Crippen molar-refractivity contribution in [1.29, 1.82) is 0 Å². The normalized spacial score (nSPS) is 20.0. The lowest BCUT2D eigenvalue weighted by molar-refractivity contribution is -0.110. The number of hydrogen-bond donors (Lipinski definition) is 2. The minimum Gasteiger partial charge on any atom is -0.497 e. The van der Waals surface area contributed by atoms with Gasteiger partial charge in [-0.05, 0) is 66.3 Å². The Labute approximate surface area is 178 Å². The van der Waals surface area contributed by atoms with Crippen LogP contribution >= 0.6 is 0 Å². The van der Waals surface area contributed by atoms with E-state index in [0.717, 1.165) is 33.1 Å². The molecule has 2 N–H and O–H groups in total. The summed E-state index contributed by atoms with van der Waals surface area (Å²) in [5.74, 6) is 0.540. The summed E-state index contributed by atoms with van der Waals surface area (Å²) in [5.41, 5.74) is 5.93. The number of rotatable bonds is 3. The number of benzene rings is 2. The Balaban J connectivity index is 1.45. The third-order valence-corrected chi connectivity index (χ3v) is 5.17. The highest BCUT2D eigenvalue weighted by Gasteiger charge is 2.25. The van der Waals surface area contributed by atoms with Crippen LogP contribution in [0, 0.1) is 0 Å². The lowest BCUT2D eigenvalue weighted by Gasteiger charge is -2.14. The third kappa shape index (κ3) is 3.47. The molecule has 152 valence electrons. The van der Waals surface area contributed by atoms with Crippen LogP contribution in [0.3, 0.4) is 0 Å². The van der Waals surface area contributed by atoms with Gasteiger partial charge in [0.15, 0.2) is 0 Å². The summed E-state index contributed by atoms with van der Waals surface area (Å²) < 4.78 is 5.29. The molecule has 0 aromatic heterocycles. The van der Waals surface area contributed by atoms with E-state index in [4.69, 9.17) is 4.74 Å². The molecule has 3 aliphatic rings. The Morgan fingerprint density at radius 1 is 1.06 bits per heavy atom. The van der Waals surface area contributed by atoms with Crippen LogP contribution in [0.5, 0.6) is 5.75 Å². The van der Waals surface area contributed by atoms with Gasteiger partial charge in [-0.1, -0.05) is 12.1 Å². The molecule has 0 atom stereocenters. The van der Waals surface area contributed by atoms with Crippen molar-refractivity contribution >= 4 is 34.6 Å². The Bertz CT molecular complexity index is 1280. The monoisotopic (exact) mass is 410 g/mol. The van der Waals surface area contributed by atoms with Crippen molar-refractivity contribution in [3.05, 3.63) is 95.4 Å². The number of ether oxygens (including phenoxy) is 1. The SMILES string of the molecule is COc1ccc2c(c1)C(=Cc1ccc3c(c1)N=NC3=CC=C1C=CC=CN1O)C(=O)N2. The second-order valence-corrected chi connectivity index (χ2v) is 7.09. The maximum Gasteiger partial charge on any atom is 0.256 e. The minimum absolute atomic E-state index is 0.152. The average molecular weight is 410 g/mol. The highest BCUT2D eigenvalue weighted by molar-refractivity contribution is 6.35. The molecule has 0 unspecified atom stereocenters. The topological polar surface area (TPSA) is 86.5 Å². The quantitative estimate of drug-likeness (QED) is 0.674. The fourth-order valence-electron chi connectivity index (χ4n) is 3.57. The van der Waals surface area contributed by atoms with Crippen LogP contribution in [0.15, 0.2) is 88.9 Å². The first-order valence-corrected chi connectivity index (χ1v) is 9.65. The summed E-state index contributed by atoms with van der Waals surface area (Å²) in [6.45, 7) is 0. The van der Waals surface area contributed by atoms with E-state index >= 15 is 0 Å². The number of hydroxylamine groups is 2. The van der Waals surface area contributed by atoms with E-state index in [2.05, 4.69) is 15.5 Å². The number of amides is 1. The summed E-state index contributed by atoms with van der Waals surface area (Å²) in [6, 6.07) is 11.2. The first-order valence-electron chi connectivity index (χ1n) is 9.65. The molecule has 0 aliphatic carbocycles. The molecule has 0 saturated carbocycles. The number of carbonyl (C=O) groups is 1. The van der Waals surface area contributed by atoms with Crippen molar-refractivity contribution in [3.63, 3.8) is 0 Å². The number of anilines is 1. The van der Waals surface area contributed by atoms with Crippen LogP contribution in [-0.2, 0) is 4.79 Å². The van der Waals surface area contributed by atoms with Gasteiger partial charge in [0.2, 0.25) is 0 Å². The first-order chi connectivity index (χ1) is 15.1. The van der Waals surface area contributed by atoms with Crippen molar-refractivity contribution in [3.8, 4) is 5.75 Å². The summed E-state index contributed by atoms with van der Waals surface area (Å²) in [4.78, 5) is 12.5. The summed E-state index contributed by atoms with van der Waals surface area (Å²) in [6.07, 6.45) is 12.3. The molecule has 31 heavy (non-hydrogen) atoms. The van der Waals surface area contributed by atoms with Gasteiger partial charge in [-0.3, -0.25) is 10.0 Å². The van der Waals surface area contributed by atoms with E-state index in [1.807, 2.05) is 54.6 Å². The van der Waals surface area contributed by atoms with Crippen LogP contribution in [-0.4, -0.2) is 23.3 Å². The fraction of sp³-hybridized carbons (Fsp3) is 0.0417. The predicted molar refractivity (Wildman–Crippen MR) is 118 cm³/mol. The predicted octanol–water partition coefficient (Wildman–Crippen LogP) is 5.28. The first kappa shape index (κ1) is 18.8. The molecule has 5 rings (SSSR count). The highest BCUT2D eigenvalue weighted by Crippen LogP contribution is 2.39. The third-order valence-electron chi connectivity index (χ3n) is 5.17. The van der Waals surface area contributed by atoms with E-state index in [1.54, 1.807) is 31.5 Å². The molecule has 2 aromatic rings. The molecular weight excluding hydrogens is 392 g/mol. The zero-order valence-corrected chi connectivity index (χ0v) is 16.6. The van der Waals surface area contributed by atoms with Crippen molar-refractivity contribution < 1.29 is 14.7 Å². The van der Waals surface area contributed by atoms with Crippen LogP contribution in [0.2, 0.25) is 0 Å². The molecule has 7 nitrogen and oxygen atoms in total. The van der Waals surface area contributed by atoms with Gasteiger partial charge < -0.3 is 10.1 Å². The molecule has 2 aromatic carbocycles. The van der Waals surface area contributed by atoms with Crippen molar-refractivity contribution in [2.24, 2.45) is 10.2 Å². The van der Waals surface area contributed by atoms with Gasteiger partial charge in [0.1, 0.15) is 5.75 Å². The molecule has 0 radical (unpaired) electrons. The zero-order chi connectivity index (χ0) is 21.4. The van der Waals surface area contributed by atoms with E-state index in [9.17, 15) is 10.0 Å². The maximum absolute atomic E-state index is 12.5. The Kier molecular flexibility index (Phi) is 4.57. The molecule has 0 saturated heterocycles. The molecule has 0 fully saturated rings. The minimum atomic E-state index is -0.152. The van der Waals surface area contributed by atoms with Crippen LogP contribution < -0.4 is 10.1 Å². The highest BCUT2D eigenvalue weighted by atomic mass is 16.5. The lowest BCUT2D eigenvalue weighted by Crippen LogP contribution is -2.10. The molecular formula is C24H18N4O3. The zero-order valence-electron chi connectivity index (χ0n) is 16.6. The summed E-state index contributed by atoms with van der Waals surface area (Å²) in [7, 11) is 1.60. The number of azo groups is 1. The van der Waals surface area contributed by atoms with Crippen molar-refractivity contribution in [2.45, 2.75) is 0 Å². The average Bonchev–Trinajstić information content (AvgIpc) is 3.33. The number of nitrogens with one attached hydrogen (secondary N) is 1. The summed E-state index contributed by atoms with van der Waals surface area (Å²) >= 11 is 0. The van der Waals surface area contributed by atoms with Crippen LogP contribution in [0.25, 0.3) is 17.3 Å². The molecule has 0 bridgehead atoms. The molecule has 3 heterocycles. The van der Waals surface area contributed by atoms with Crippen LogP contribution in [0.1, 0.15) is 16.7 Å². The van der Waals surface area contributed by atoms with Gasteiger partial charge in [0.05, 0.1) is 24.2 Å². The number of hydrogen-bond acceptors (Lipinski definition) is 6. The van der Waals surface area contributed by atoms with Crippen molar-refractivity contribution in [1.82, 2.24) is 5.06 Å². The largest absolute Gasteiger partial charge is 0.497 e. The van der Waals surface area contributed by atoms with Gasteiger partial charge in [0.25, 0.3) is 5.91 Å². The second kappa shape index (κ2) is 7.55. The molecule has 0 spiro atoms. The van der Waals surface area contributed by atoms with Gasteiger partial charge in [-0.15, -0.1) is 10.2 Å². The number of carbonyl (C=O) groups excluding carboxylic acids is 1. The molecule has 3 aliphatic heterocycles. The maximum atomic E-state index is 12.5. The van der Waals surface area contributed by atoms with E-state index in [1.165, 1.54) is 0 Å². The van der Waals surface area contributed by atoms with Gasteiger partial charge in [-0.2, -0.15) is 0 Å². The van der Waals surface area contributed by atoms with Gasteiger partial charge in [0, 0.05) is 28.6 Å². The van der Waals surface area contributed by atoms with Gasteiger partial charge >= 0.3 is 0 Å². The smallest absolute Gasteiger partial charge is 0.256 e. The van der Waals surface area contributed by atoms with Gasteiger partial charge in [-0.25, -0.2) is 5.06 Å². The van der Waals surface area contributed by atoms with Crippen molar-refractivity contribution in [2.75, 3.05) is 12.4 Å². The summed E-state index contributed by atoms with van der Waals surface area (Å²) in [5, 5.41) is 22.2. The Morgan fingerprint density at radius 2 is 1.97 bits per heavy atom. The number of nitrogens with zero attached hydrogens (tertiary/aromatic N) is 3. The Morgan fingerprint density at radius 3 is 2.81 bits per heavy atom. The van der Waals surface area contributed by atoms with E-state index in [-0.39, 0.29) is 5.91 Å². The second-order valence-electron chi connectivity index (χ2n) is 7.09. The van der Waals surface area contributed by atoms with E-state index in [0.29, 0.717) is 22.7 Å². The number of fused-ring (bicyclic) bond motifs is 2. The Hall–Kier alpha value is -4.23. The van der Waals surface area contributed by atoms with Crippen LogP contribution in [0.4, 0.5) is 11.4 Å². The molecule has 1 amide bonds. The number of methoxy groups -OCH3 is 1. The lowest BCUT2D eigenvalue weighted by atomic mass is 10.0.